The van der Waals surface area contributed by atoms with Gasteiger partial charge >= 0.3 is 0 Å². The molecule has 2 aromatic heterocycles. The fourth-order valence-corrected chi connectivity index (χ4v) is 2.08. The minimum atomic E-state index is -0.182. The molecular formula is C12H13N7O2. The Balaban J connectivity index is 1.69. The third kappa shape index (κ3) is 2.71. The molecular weight excluding hydrogens is 274 g/mol. The van der Waals surface area contributed by atoms with Gasteiger partial charge in [0.1, 0.15) is 12.7 Å². The molecule has 0 saturated carbocycles. The lowest BCUT2D eigenvalue weighted by molar-refractivity contribution is -0.119. The maximum atomic E-state index is 12.3. The van der Waals surface area contributed by atoms with Gasteiger partial charge in [-0.25, -0.2) is 9.67 Å². The zero-order chi connectivity index (χ0) is 14.7. The van der Waals surface area contributed by atoms with E-state index in [9.17, 15) is 9.59 Å². The number of piperazine rings is 1. The van der Waals surface area contributed by atoms with Gasteiger partial charge in [-0.05, 0) is 12.1 Å². The van der Waals surface area contributed by atoms with Gasteiger partial charge in [0.05, 0.1) is 0 Å². The predicted octanol–water partition coefficient (Wildman–Crippen LogP) is -1.03. The SMILES string of the molecule is O=CN1CCN(C(=O)c2ccc(-n3cncn3)nn2)CC1. The number of hydrogen-bond acceptors (Lipinski definition) is 6. The summed E-state index contributed by atoms with van der Waals surface area (Å²) >= 11 is 0. The van der Waals surface area contributed by atoms with Gasteiger partial charge in [-0.1, -0.05) is 0 Å². The van der Waals surface area contributed by atoms with E-state index >= 15 is 0 Å². The molecule has 0 N–H and O–H groups in total. The number of carbonyl (C=O) groups excluding carboxylic acids is 2. The summed E-state index contributed by atoms with van der Waals surface area (Å²) in [6.07, 6.45) is 3.70. The molecule has 0 unspecified atom stereocenters. The maximum Gasteiger partial charge on any atom is 0.274 e. The van der Waals surface area contributed by atoms with E-state index in [1.807, 2.05) is 0 Å². The highest BCUT2D eigenvalue weighted by Gasteiger charge is 2.22. The van der Waals surface area contributed by atoms with Crippen LogP contribution >= 0.6 is 0 Å². The Bertz CT molecular complexity index is 618. The van der Waals surface area contributed by atoms with Gasteiger partial charge in [0.25, 0.3) is 5.91 Å². The predicted molar refractivity (Wildman–Crippen MR) is 70.5 cm³/mol. The number of nitrogens with zero attached hydrogens (tertiary/aromatic N) is 7. The largest absolute Gasteiger partial charge is 0.342 e. The fraction of sp³-hybridized carbons (Fsp3) is 0.333. The van der Waals surface area contributed by atoms with Crippen LogP contribution in [-0.4, -0.2) is 73.3 Å². The number of amides is 2. The molecule has 2 amide bonds. The second-order valence-electron chi connectivity index (χ2n) is 4.55. The van der Waals surface area contributed by atoms with Crippen molar-refractivity contribution < 1.29 is 9.59 Å². The van der Waals surface area contributed by atoms with Crippen LogP contribution in [0, 0.1) is 0 Å². The average molecular weight is 287 g/mol. The molecule has 1 fully saturated rings. The summed E-state index contributed by atoms with van der Waals surface area (Å²) < 4.78 is 1.46. The number of carbonyl (C=O) groups is 2. The van der Waals surface area contributed by atoms with E-state index in [1.54, 1.807) is 21.9 Å². The second kappa shape index (κ2) is 5.65. The lowest BCUT2D eigenvalue weighted by Crippen LogP contribution is -2.48. The van der Waals surface area contributed by atoms with Crippen LogP contribution in [-0.2, 0) is 4.79 Å². The molecule has 0 atom stereocenters. The Kier molecular flexibility index (Phi) is 3.54. The molecule has 0 spiro atoms. The molecule has 21 heavy (non-hydrogen) atoms. The number of rotatable bonds is 3. The van der Waals surface area contributed by atoms with Crippen molar-refractivity contribution in [3.05, 3.63) is 30.5 Å². The molecule has 0 bridgehead atoms. The van der Waals surface area contributed by atoms with Crippen LogP contribution in [0.1, 0.15) is 10.5 Å². The first kappa shape index (κ1) is 13.2. The van der Waals surface area contributed by atoms with Gasteiger partial charge in [0, 0.05) is 26.2 Å². The minimum absolute atomic E-state index is 0.182. The third-order valence-electron chi connectivity index (χ3n) is 3.27. The van der Waals surface area contributed by atoms with Gasteiger partial charge < -0.3 is 9.80 Å². The molecule has 1 aliphatic heterocycles. The topological polar surface area (TPSA) is 97.1 Å². The molecule has 0 aliphatic carbocycles. The van der Waals surface area contributed by atoms with E-state index in [4.69, 9.17) is 0 Å². The third-order valence-corrected chi connectivity index (χ3v) is 3.27. The Hall–Kier alpha value is -2.84. The zero-order valence-electron chi connectivity index (χ0n) is 11.2. The minimum Gasteiger partial charge on any atom is -0.342 e. The van der Waals surface area contributed by atoms with Crippen molar-refractivity contribution in [3.63, 3.8) is 0 Å². The zero-order valence-corrected chi connectivity index (χ0v) is 11.2. The van der Waals surface area contributed by atoms with Crippen molar-refractivity contribution in [2.45, 2.75) is 0 Å². The summed E-state index contributed by atoms with van der Waals surface area (Å²) in [5.74, 6) is 0.313. The van der Waals surface area contributed by atoms with Crippen LogP contribution in [0.2, 0.25) is 0 Å². The van der Waals surface area contributed by atoms with E-state index in [0.29, 0.717) is 32.0 Å². The van der Waals surface area contributed by atoms with Gasteiger partial charge in [-0.2, -0.15) is 5.10 Å². The number of hydrogen-bond donors (Lipinski definition) is 0. The summed E-state index contributed by atoms with van der Waals surface area (Å²) in [5.41, 5.74) is 0.276. The molecule has 9 heteroatoms. The molecule has 0 radical (unpaired) electrons. The molecule has 2 aromatic rings. The average Bonchev–Trinajstić information content (AvgIpc) is 3.09. The molecule has 1 saturated heterocycles. The van der Waals surface area contributed by atoms with Crippen LogP contribution in [0.5, 0.6) is 0 Å². The highest BCUT2D eigenvalue weighted by molar-refractivity contribution is 5.92. The van der Waals surface area contributed by atoms with Crippen LogP contribution in [0.15, 0.2) is 24.8 Å². The summed E-state index contributed by atoms with van der Waals surface area (Å²) in [6.45, 7) is 2.09. The summed E-state index contributed by atoms with van der Waals surface area (Å²) in [4.78, 5) is 30.0. The van der Waals surface area contributed by atoms with E-state index in [-0.39, 0.29) is 11.6 Å². The van der Waals surface area contributed by atoms with Crippen LogP contribution in [0.25, 0.3) is 5.82 Å². The van der Waals surface area contributed by atoms with E-state index in [1.165, 1.54) is 17.3 Å². The first-order valence-corrected chi connectivity index (χ1v) is 6.45. The van der Waals surface area contributed by atoms with E-state index < -0.39 is 0 Å². The summed E-state index contributed by atoms with van der Waals surface area (Å²) in [7, 11) is 0. The van der Waals surface area contributed by atoms with Crippen molar-refractivity contribution in [2.24, 2.45) is 0 Å². The number of aromatic nitrogens is 5. The summed E-state index contributed by atoms with van der Waals surface area (Å²) in [6, 6.07) is 3.27. The summed E-state index contributed by atoms with van der Waals surface area (Å²) in [5, 5.41) is 11.8. The Morgan fingerprint density at radius 2 is 1.95 bits per heavy atom. The lowest BCUT2D eigenvalue weighted by atomic mass is 10.3. The maximum absolute atomic E-state index is 12.3. The van der Waals surface area contributed by atoms with Crippen LogP contribution < -0.4 is 0 Å². The van der Waals surface area contributed by atoms with Gasteiger partial charge in [0.15, 0.2) is 11.5 Å². The quantitative estimate of drug-likeness (QED) is 0.670. The van der Waals surface area contributed by atoms with Gasteiger partial charge in [-0.15, -0.1) is 10.2 Å². The molecule has 3 rings (SSSR count). The highest BCUT2D eigenvalue weighted by atomic mass is 16.2. The Morgan fingerprint density at radius 3 is 2.52 bits per heavy atom. The van der Waals surface area contributed by atoms with Gasteiger partial charge in [-0.3, -0.25) is 9.59 Å². The second-order valence-corrected chi connectivity index (χ2v) is 4.55. The van der Waals surface area contributed by atoms with Crippen molar-refractivity contribution in [2.75, 3.05) is 26.2 Å². The van der Waals surface area contributed by atoms with Crippen molar-refractivity contribution in [1.29, 1.82) is 0 Å². The normalized spacial score (nSPS) is 15.0. The van der Waals surface area contributed by atoms with Crippen LogP contribution in [0.3, 0.4) is 0 Å². The molecule has 3 heterocycles. The van der Waals surface area contributed by atoms with E-state index in [2.05, 4.69) is 20.3 Å². The molecule has 1 aliphatic rings. The van der Waals surface area contributed by atoms with Gasteiger partial charge in [0.2, 0.25) is 6.41 Å². The van der Waals surface area contributed by atoms with Crippen LogP contribution in [0.4, 0.5) is 0 Å². The first-order valence-electron chi connectivity index (χ1n) is 6.45. The van der Waals surface area contributed by atoms with Crippen molar-refractivity contribution in [3.8, 4) is 5.82 Å². The van der Waals surface area contributed by atoms with E-state index in [0.717, 1.165) is 6.41 Å². The fourth-order valence-electron chi connectivity index (χ4n) is 2.08. The first-order chi connectivity index (χ1) is 10.3. The molecule has 0 aromatic carbocycles. The van der Waals surface area contributed by atoms with Crippen molar-refractivity contribution >= 4 is 12.3 Å². The monoisotopic (exact) mass is 287 g/mol. The smallest absolute Gasteiger partial charge is 0.274 e. The standard InChI is InChI=1S/C12H13N7O2/c20-9-17-3-5-18(6-4-17)12(21)10-1-2-11(16-15-10)19-8-13-7-14-19/h1-2,7-9H,3-6H2. The molecule has 9 nitrogen and oxygen atoms in total. The molecule has 108 valence electrons. The Morgan fingerprint density at radius 1 is 1.14 bits per heavy atom. The highest BCUT2D eigenvalue weighted by Crippen LogP contribution is 2.07. The van der Waals surface area contributed by atoms with Crippen molar-refractivity contribution in [1.82, 2.24) is 34.8 Å². The Labute approximate surface area is 120 Å². The lowest BCUT2D eigenvalue weighted by Gasteiger charge is -2.32.